The Kier molecular flexibility index (Phi) is 6.87. The maximum Gasteiger partial charge on any atom is 0.269 e. The summed E-state index contributed by atoms with van der Waals surface area (Å²) in [5.41, 5.74) is 1.64. The van der Waals surface area contributed by atoms with Crippen molar-refractivity contribution < 1.29 is 14.5 Å². The first kappa shape index (κ1) is 21.1. The van der Waals surface area contributed by atoms with Crippen LogP contribution in [0, 0.1) is 10.1 Å². The molecule has 30 heavy (non-hydrogen) atoms. The molecule has 2 aromatic rings. The lowest BCUT2D eigenvalue weighted by Gasteiger charge is -2.18. The van der Waals surface area contributed by atoms with Gasteiger partial charge < -0.3 is 10.2 Å². The zero-order valence-corrected chi connectivity index (χ0v) is 16.9. The number of nitrogens with one attached hydrogen (secondary N) is 2. The van der Waals surface area contributed by atoms with Gasteiger partial charge in [0.25, 0.3) is 11.6 Å². The van der Waals surface area contributed by atoms with Crippen LogP contribution in [0.3, 0.4) is 0 Å². The fourth-order valence-corrected chi connectivity index (χ4v) is 3.27. The summed E-state index contributed by atoms with van der Waals surface area (Å²) >= 11 is 5.19. The van der Waals surface area contributed by atoms with Crippen LogP contribution in [0.1, 0.15) is 28.8 Å². The number of rotatable bonds is 5. The smallest absolute Gasteiger partial charge is 0.269 e. The number of nitrogens with zero attached hydrogens (tertiary/aromatic N) is 2. The van der Waals surface area contributed by atoms with Crippen LogP contribution in [0.25, 0.3) is 6.08 Å². The van der Waals surface area contributed by atoms with Gasteiger partial charge in [-0.3, -0.25) is 25.0 Å². The number of carbonyl (C=O) groups is 2. The van der Waals surface area contributed by atoms with E-state index >= 15 is 0 Å². The Morgan fingerprint density at radius 3 is 2.40 bits per heavy atom. The zero-order chi connectivity index (χ0) is 21.5. The Labute approximate surface area is 178 Å². The molecule has 1 fully saturated rings. The summed E-state index contributed by atoms with van der Waals surface area (Å²) in [5.74, 6) is -0.531. The summed E-state index contributed by atoms with van der Waals surface area (Å²) in [7, 11) is 0. The molecular weight excluding hydrogens is 404 g/mol. The van der Waals surface area contributed by atoms with Crippen molar-refractivity contribution in [2.75, 3.05) is 18.4 Å². The molecule has 1 aliphatic rings. The van der Waals surface area contributed by atoms with E-state index in [1.165, 1.54) is 24.3 Å². The Hall–Kier alpha value is -3.59. The second-order valence-electron chi connectivity index (χ2n) is 6.67. The van der Waals surface area contributed by atoms with Crippen LogP contribution < -0.4 is 10.6 Å². The molecule has 0 bridgehead atoms. The molecule has 1 saturated heterocycles. The fourth-order valence-electron chi connectivity index (χ4n) is 3.06. The maximum atomic E-state index is 12.7. The molecule has 0 aliphatic carbocycles. The number of hydrogen-bond donors (Lipinski definition) is 2. The molecule has 2 amide bonds. The second-order valence-corrected chi connectivity index (χ2v) is 7.08. The van der Waals surface area contributed by atoms with Gasteiger partial charge in [-0.05, 0) is 61.0 Å². The highest BCUT2D eigenvalue weighted by molar-refractivity contribution is 7.80. The van der Waals surface area contributed by atoms with Crippen LogP contribution in [0.4, 0.5) is 11.4 Å². The summed E-state index contributed by atoms with van der Waals surface area (Å²) in [5, 5.41) is 16.2. The number of para-hydroxylation sites is 1. The van der Waals surface area contributed by atoms with Crippen molar-refractivity contribution in [3.8, 4) is 0 Å². The average molecular weight is 424 g/mol. The lowest BCUT2D eigenvalue weighted by Crippen LogP contribution is -2.34. The number of nitro groups is 1. The van der Waals surface area contributed by atoms with Crippen LogP contribution in [0.15, 0.2) is 54.6 Å². The van der Waals surface area contributed by atoms with Crippen LogP contribution in [-0.4, -0.2) is 39.8 Å². The molecule has 0 unspecified atom stereocenters. The predicted octanol–water partition coefficient (Wildman–Crippen LogP) is 3.36. The molecule has 1 heterocycles. The number of carbonyl (C=O) groups excluding carboxylic acids is 2. The molecule has 9 heteroatoms. The second kappa shape index (κ2) is 9.75. The van der Waals surface area contributed by atoms with E-state index in [4.69, 9.17) is 12.2 Å². The van der Waals surface area contributed by atoms with Gasteiger partial charge in [-0.25, -0.2) is 0 Å². The SMILES string of the molecule is O=C(/C=C/c1ccc([N+](=O)[O-])cc1)NC(=S)Nc1ccccc1C(=O)N1CCCC1. The summed E-state index contributed by atoms with van der Waals surface area (Å²) in [4.78, 5) is 36.8. The molecule has 3 rings (SSSR count). The minimum Gasteiger partial charge on any atom is -0.339 e. The molecule has 2 aromatic carbocycles. The van der Waals surface area contributed by atoms with Crippen molar-refractivity contribution in [1.82, 2.24) is 10.2 Å². The number of non-ortho nitro benzene ring substituents is 1. The standard InChI is InChI=1S/C21H20N4O4S/c26-19(12-9-15-7-10-16(11-8-15)25(28)29)23-21(30)22-18-6-2-1-5-17(18)20(27)24-13-3-4-14-24/h1-2,5-12H,3-4,13-14H2,(H2,22,23,26,30)/b12-9+. The molecule has 0 atom stereocenters. The largest absolute Gasteiger partial charge is 0.339 e. The highest BCUT2D eigenvalue weighted by Crippen LogP contribution is 2.20. The molecule has 0 radical (unpaired) electrons. The Balaban J connectivity index is 1.59. The van der Waals surface area contributed by atoms with Gasteiger partial charge in [0.15, 0.2) is 5.11 Å². The third-order valence-electron chi connectivity index (χ3n) is 4.57. The number of benzene rings is 2. The quantitative estimate of drug-likeness (QED) is 0.330. The Morgan fingerprint density at radius 1 is 1.07 bits per heavy atom. The van der Waals surface area contributed by atoms with Crippen LogP contribution in [0.2, 0.25) is 0 Å². The molecular formula is C21H20N4O4S. The van der Waals surface area contributed by atoms with Crippen LogP contribution in [-0.2, 0) is 4.79 Å². The van der Waals surface area contributed by atoms with E-state index in [0.717, 1.165) is 25.9 Å². The van der Waals surface area contributed by atoms with Gasteiger partial charge >= 0.3 is 0 Å². The summed E-state index contributed by atoms with van der Waals surface area (Å²) < 4.78 is 0. The van der Waals surface area contributed by atoms with Crippen molar-refractivity contribution in [3.05, 3.63) is 75.8 Å². The molecule has 1 aliphatic heterocycles. The van der Waals surface area contributed by atoms with E-state index < -0.39 is 10.8 Å². The molecule has 2 N–H and O–H groups in total. The third kappa shape index (κ3) is 5.48. The Morgan fingerprint density at radius 2 is 1.73 bits per heavy atom. The molecule has 154 valence electrons. The fraction of sp³-hybridized carbons (Fsp3) is 0.190. The van der Waals surface area contributed by atoms with E-state index in [0.29, 0.717) is 16.8 Å². The van der Waals surface area contributed by atoms with Gasteiger partial charge in [0, 0.05) is 31.3 Å². The summed E-state index contributed by atoms with van der Waals surface area (Å²) in [6, 6.07) is 12.8. The van der Waals surface area contributed by atoms with Crippen molar-refractivity contribution in [3.63, 3.8) is 0 Å². The zero-order valence-electron chi connectivity index (χ0n) is 16.0. The monoisotopic (exact) mass is 424 g/mol. The van der Waals surface area contributed by atoms with Crippen molar-refractivity contribution in [2.45, 2.75) is 12.8 Å². The van der Waals surface area contributed by atoms with E-state index in [2.05, 4.69) is 10.6 Å². The molecule has 0 spiro atoms. The van der Waals surface area contributed by atoms with Gasteiger partial charge in [-0.15, -0.1) is 0 Å². The number of amides is 2. The first-order chi connectivity index (χ1) is 14.4. The number of thiocarbonyl (C=S) groups is 1. The van der Waals surface area contributed by atoms with Gasteiger partial charge in [0.05, 0.1) is 16.2 Å². The first-order valence-electron chi connectivity index (χ1n) is 9.37. The summed E-state index contributed by atoms with van der Waals surface area (Å²) in [6.45, 7) is 1.48. The van der Waals surface area contributed by atoms with Crippen LogP contribution in [0.5, 0.6) is 0 Å². The number of anilines is 1. The topological polar surface area (TPSA) is 105 Å². The molecule has 8 nitrogen and oxygen atoms in total. The number of nitro benzene ring substituents is 1. The maximum absolute atomic E-state index is 12.7. The molecule has 0 aromatic heterocycles. The normalized spacial score (nSPS) is 13.3. The minimum atomic E-state index is -0.489. The highest BCUT2D eigenvalue weighted by Gasteiger charge is 2.21. The molecule has 0 saturated carbocycles. The Bertz CT molecular complexity index is 998. The lowest BCUT2D eigenvalue weighted by molar-refractivity contribution is -0.384. The van der Waals surface area contributed by atoms with E-state index in [-0.39, 0.29) is 16.7 Å². The van der Waals surface area contributed by atoms with Crippen molar-refractivity contribution in [1.29, 1.82) is 0 Å². The minimum absolute atomic E-state index is 0.0240. The number of hydrogen-bond acceptors (Lipinski definition) is 5. The van der Waals surface area contributed by atoms with Gasteiger partial charge in [0.1, 0.15) is 0 Å². The van der Waals surface area contributed by atoms with Crippen molar-refractivity contribution >= 4 is 46.6 Å². The first-order valence-corrected chi connectivity index (χ1v) is 9.77. The van der Waals surface area contributed by atoms with Gasteiger partial charge in [-0.1, -0.05) is 12.1 Å². The highest BCUT2D eigenvalue weighted by atomic mass is 32.1. The lowest BCUT2D eigenvalue weighted by atomic mass is 10.1. The average Bonchev–Trinajstić information content (AvgIpc) is 3.27. The number of likely N-dealkylation sites (tertiary alicyclic amines) is 1. The van der Waals surface area contributed by atoms with Gasteiger partial charge in [0.2, 0.25) is 5.91 Å². The summed E-state index contributed by atoms with van der Waals surface area (Å²) in [6.07, 6.45) is 4.79. The van der Waals surface area contributed by atoms with Gasteiger partial charge in [-0.2, -0.15) is 0 Å². The van der Waals surface area contributed by atoms with Crippen molar-refractivity contribution in [2.24, 2.45) is 0 Å². The van der Waals surface area contributed by atoms with E-state index in [1.807, 2.05) is 0 Å². The van der Waals surface area contributed by atoms with Crippen LogP contribution >= 0.6 is 12.2 Å². The third-order valence-corrected chi connectivity index (χ3v) is 4.77. The van der Waals surface area contributed by atoms with E-state index in [9.17, 15) is 19.7 Å². The van der Waals surface area contributed by atoms with E-state index in [1.54, 1.807) is 41.3 Å². The predicted molar refractivity (Wildman–Crippen MR) is 118 cm³/mol.